The number of hydrogen-bond acceptors (Lipinski definition) is 5. The average molecular weight is 238 g/mol. The summed E-state index contributed by atoms with van der Waals surface area (Å²) in [6, 6.07) is 9.64. The molecule has 3 rings (SSSR count). The lowest BCUT2D eigenvalue weighted by molar-refractivity contribution is 0.419. The molecule has 0 aliphatic carbocycles. The minimum absolute atomic E-state index is 0.505. The van der Waals surface area contributed by atoms with E-state index in [2.05, 4.69) is 20.2 Å². The van der Waals surface area contributed by atoms with Gasteiger partial charge in [-0.3, -0.25) is 0 Å². The molecule has 0 aliphatic heterocycles. The summed E-state index contributed by atoms with van der Waals surface area (Å²) in [5.41, 5.74) is 1.48. The van der Waals surface area contributed by atoms with Crippen molar-refractivity contribution in [2.45, 2.75) is 0 Å². The SMILES string of the molecule is COc1cccc2ccc(-c3nccnn3)nc12. The fourth-order valence-corrected chi connectivity index (χ4v) is 1.77. The first-order chi connectivity index (χ1) is 8.88. The summed E-state index contributed by atoms with van der Waals surface area (Å²) in [6.45, 7) is 0. The maximum absolute atomic E-state index is 5.30. The third kappa shape index (κ3) is 1.75. The third-order valence-electron chi connectivity index (χ3n) is 2.61. The maximum atomic E-state index is 5.30. The van der Waals surface area contributed by atoms with Gasteiger partial charge in [0.2, 0.25) is 0 Å². The zero-order chi connectivity index (χ0) is 12.4. The van der Waals surface area contributed by atoms with E-state index in [0.29, 0.717) is 11.5 Å². The molecule has 0 fully saturated rings. The second kappa shape index (κ2) is 4.37. The second-order valence-corrected chi connectivity index (χ2v) is 3.69. The highest BCUT2D eigenvalue weighted by Crippen LogP contribution is 2.25. The second-order valence-electron chi connectivity index (χ2n) is 3.69. The van der Waals surface area contributed by atoms with E-state index in [9.17, 15) is 0 Å². The Bertz CT molecular complexity index is 685. The summed E-state index contributed by atoms with van der Waals surface area (Å²) in [5, 5.41) is 8.76. The van der Waals surface area contributed by atoms with Crippen LogP contribution >= 0.6 is 0 Å². The zero-order valence-electron chi connectivity index (χ0n) is 9.74. The number of para-hydroxylation sites is 1. The number of nitrogens with zero attached hydrogens (tertiary/aromatic N) is 4. The molecule has 5 nitrogen and oxygen atoms in total. The topological polar surface area (TPSA) is 60.8 Å². The average Bonchev–Trinajstić information content (AvgIpc) is 2.47. The summed E-state index contributed by atoms with van der Waals surface area (Å²) in [7, 11) is 1.63. The predicted molar refractivity (Wildman–Crippen MR) is 67.1 cm³/mol. The summed E-state index contributed by atoms with van der Waals surface area (Å²) in [4.78, 5) is 8.66. The molecular weight excluding hydrogens is 228 g/mol. The van der Waals surface area contributed by atoms with Crippen LogP contribution in [0, 0.1) is 0 Å². The predicted octanol–water partition coefficient (Wildman–Crippen LogP) is 2.10. The molecule has 0 bridgehead atoms. The number of rotatable bonds is 2. The van der Waals surface area contributed by atoms with Gasteiger partial charge in [0.15, 0.2) is 5.82 Å². The maximum Gasteiger partial charge on any atom is 0.200 e. The Morgan fingerprint density at radius 2 is 2.00 bits per heavy atom. The molecule has 88 valence electrons. The van der Waals surface area contributed by atoms with E-state index in [0.717, 1.165) is 16.7 Å². The molecule has 0 spiro atoms. The van der Waals surface area contributed by atoms with Crippen LogP contribution in [0.25, 0.3) is 22.4 Å². The Balaban J connectivity index is 2.22. The van der Waals surface area contributed by atoms with Gasteiger partial charge in [0.1, 0.15) is 17.0 Å². The lowest BCUT2D eigenvalue weighted by Gasteiger charge is -2.05. The zero-order valence-corrected chi connectivity index (χ0v) is 9.74. The van der Waals surface area contributed by atoms with Crippen molar-refractivity contribution in [2.75, 3.05) is 7.11 Å². The molecule has 1 aromatic carbocycles. The summed E-state index contributed by atoms with van der Waals surface area (Å²) >= 11 is 0. The van der Waals surface area contributed by atoms with Gasteiger partial charge in [-0.1, -0.05) is 18.2 Å². The van der Waals surface area contributed by atoms with Crippen LogP contribution in [0.1, 0.15) is 0 Å². The van der Waals surface area contributed by atoms with E-state index < -0.39 is 0 Å². The van der Waals surface area contributed by atoms with E-state index in [1.54, 1.807) is 13.3 Å². The molecule has 0 N–H and O–H groups in total. The van der Waals surface area contributed by atoms with Crippen molar-refractivity contribution in [3.8, 4) is 17.3 Å². The minimum atomic E-state index is 0.505. The van der Waals surface area contributed by atoms with E-state index in [1.807, 2.05) is 30.3 Å². The Hall–Kier alpha value is -2.56. The van der Waals surface area contributed by atoms with Gasteiger partial charge in [0, 0.05) is 11.6 Å². The van der Waals surface area contributed by atoms with E-state index in [4.69, 9.17) is 4.74 Å². The monoisotopic (exact) mass is 238 g/mol. The Morgan fingerprint density at radius 1 is 1.06 bits per heavy atom. The molecule has 0 saturated carbocycles. The molecule has 0 radical (unpaired) electrons. The molecule has 5 heteroatoms. The molecule has 2 aromatic heterocycles. The number of benzene rings is 1. The normalized spacial score (nSPS) is 10.5. The van der Waals surface area contributed by atoms with Crippen LogP contribution in [0.4, 0.5) is 0 Å². The lowest BCUT2D eigenvalue weighted by atomic mass is 10.2. The quantitative estimate of drug-likeness (QED) is 0.684. The first-order valence-electron chi connectivity index (χ1n) is 5.46. The van der Waals surface area contributed by atoms with Crippen molar-refractivity contribution in [1.82, 2.24) is 20.2 Å². The summed E-state index contributed by atoms with van der Waals surface area (Å²) in [5.74, 6) is 1.24. The number of ether oxygens (including phenoxy) is 1. The molecule has 18 heavy (non-hydrogen) atoms. The van der Waals surface area contributed by atoms with Gasteiger partial charge >= 0.3 is 0 Å². The largest absolute Gasteiger partial charge is 0.494 e. The molecule has 0 saturated heterocycles. The molecule has 2 heterocycles. The van der Waals surface area contributed by atoms with Crippen LogP contribution in [-0.2, 0) is 0 Å². The van der Waals surface area contributed by atoms with Crippen molar-refractivity contribution < 1.29 is 4.74 Å². The van der Waals surface area contributed by atoms with Crippen LogP contribution in [0.5, 0.6) is 5.75 Å². The van der Waals surface area contributed by atoms with Gasteiger partial charge in [0.25, 0.3) is 0 Å². The van der Waals surface area contributed by atoms with Crippen LogP contribution in [0.15, 0.2) is 42.7 Å². The summed E-state index contributed by atoms with van der Waals surface area (Å²) in [6.07, 6.45) is 3.13. The van der Waals surface area contributed by atoms with Gasteiger partial charge in [-0.2, -0.15) is 5.10 Å². The first-order valence-corrected chi connectivity index (χ1v) is 5.46. The van der Waals surface area contributed by atoms with E-state index >= 15 is 0 Å². The molecule has 0 unspecified atom stereocenters. The Labute approximate surface area is 103 Å². The number of hydrogen-bond donors (Lipinski definition) is 0. The molecular formula is C13H10N4O. The highest BCUT2D eigenvalue weighted by molar-refractivity contribution is 5.86. The highest BCUT2D eigenvalue weighted by Gasteiger charge is 2.07. The van der Waals surface area contributed by atoms with Crippen molar-refractivity contribution in [2.24, 2.45) is 0 Å². The first kappa shape index (κ1) is 10.6. The van der Waals surface area contributed by atoms with Gasteiger partial charge in [-0.25, -0.2) is 9.97 Å². The fourth-order valence-electron chi connectivity index (χ4n) is 1.77. The Morgan fingerprint density at radius 3 is 2.78 bits per heavy atom. The lowest BCUT2D eigenvalue weighted by Crippen LogP contribution is -1.94. The van der Waals surface area contributed by atoms with Crippen LogP contribution in [-0.4, -0.2) is 27.3 Å². The fraction of sp³-hybridized carbons (Fsp3) is 0.0769. The van der Waals surface area contributed by atoms with Crippen molar-refractivity contribution >= 4 is 10.9 Å². The number of fused-ring (bicyclic) bond motifs is 1. The van der Waals surface area contributed by atoms with Crippen LogP contribution in [0.2, 0.25) is 0 Å². The van der Waals surface area contributed by atoms with Crippen LogP contribution < -0.4 is 4.74 Å². The van der Waals surface area contributed by atoms with E-state index in [1.165, 1.54) is 6.20 Å². The van der Waals surface area contributed by atoms with Crippen molar-refractivity contribution in [3.63, 3.8) is 0 Å². The molecule has 0 amide bonds. The molecule has 3 aromatic rings. The molecule has 0 aliphatic rings. The number of methoxy groups -OCH3 is 1. The van der Waals surface area contributed by atoms with Gasteiger partial charge in [0.05, 0.1) is 13.3 Å². The smallest absolute Gasteiger partial charge is 0.200 e. The Kier molecular flexibility index (Phi) is 2.57. The standard InChI is InChI=1S/C13H10N4O/c1-18-11-4-2-3-9-5-6-10(16-12(9)11)13-14-7-8-15-17-13/h2-8H,1H3. The van der Waals surface area contributed by atoms with Crippen molar-refractivity contribution in [3.05, 3.63) is 42.7 Å². The number of pyridine rings is 1. The van der Waals surface area contributed by atoms with Gasteiger partial charge < -0.3 is 4.74 Å². The highest BCUT2D eigenvalue weighted by atomic mass is 16.5. The van der Waals surface area contributed by atoms with Gasteiger partial charge in [-0.15, -0.1) is 5.10 Å². The summed E-state index contributed by atoms with van der Waals surface area (Å²) < 4.78 is 5.30. The minimum Gasteiger partial charge on any atom is -0.494 e. The van der Waals surface area contributed by atoms with E-state index in [-0.39, 0.29) is 0 Å². The molecule has 0 atom stereocenters. The number of aromatic nitrogens is 4. The third-order valence-corrected chi connectivity index (χ3v) is 2.61. The van der Waals surface area contributed by atoms with Crippen LogP contribution in [0.3, 0.4) is 0 Å². The van der Waals surface area contributed by atoms with Gasteiger partial charge in [-0.05, 0) is 12.1 Å². The van der Waals surface area contributed by atoms with Crippen molar-refractivity contribution in [1.29, 1.82) is 0 Å².